The lowest BCUT2D eigenvalue weighted by Gasteiger charge is -2.35. The fraction of sp³-hybridized carbons (Fsp3) is 0.474. The molecule has 1 aromatic heterocycles. The fourth-order valence-electron chi connectivity index (χ4n) is 3.17. The van der Waals surface area contributed by atoms with Crippen LogP contribution in [0.15, 0.2) is 28.8 Å². The average Bonchev–Trinajstić information content (AvgIpc) is 3.08. The van der Waals surface area contributed by atoms with E-state index in [1.807, 2.05) is 4.90 Å². The quantitative estimate of drug-likeness (QED) is 0.790. The van der Waals surface area contributed by atoms with Gasteiger partial charge >= 0.3 is 0 Å². The summed E-state index contributed by atoms with van der Waals surface area (Å²) in [7, 11) is 0. The Balaban J connectivity index is 1.51. The second-order valence-corrected chi connectivity index (χ2v) is 7.62. The first-order valence-corrected chi connectivity index (χ1v) is 9.76. The number of carbonyl (C=O) groups is 1. The smallest absolute Gasteiger partial charge is 0.223 e. The molecule has 2 aromatic rings. The summed E-state index contributed by atoms with van der Waals surface area (Å²) in [6.45, 7) is 5.36. The fourth-order valence-corrected chi connectivity index (χ4v) is 3.67. The highest BCUT2D eigenvalue weighted by molar-refractivity contribution is 6.36. The van der Waals surface area contributed by atoms with E-state index in [1.54, 1.807) is 31.3 Å². The van der Waals surface area contributed by atoms with Gasteiger partial charge in [0.25, 0.3) is 0 Å². The summed E-state index contributed by atoms with van der Waals surface area (Å²) in [6, 6.07) is 5.18. The van der Waals surface area contributed by atoms with E-state index in [4.69, 9.17) is 27.6 Å². The van der Waals surface area contributed by atoms with Gasteiger partial charge in [0, 0.05) is 56.2 Å². The normalized spacial score (nSPS) is 16.5. The number of aliphatic hydroxyl groups is 1. The van der Waals surface area contributed by atoms with Gasteiger partial charge in [-0.25, -0.2) is 4.98 Å². The summed E-state index contributed by atoms with van der Waals surface area (Å²) in [5, 5.41) is 10.5. The number of nitrogens with zero attached hydrogens (tertiary/aromatic N) is 3. The maximum Gasteiger partial charge on any atom is 0.223 e. The minimum absolute atomic E-state index is 0.0935. The molecule has 1 aromatic carbocycles. The number of aliphatic hydroxyl groups excluding tert-OH is 1. The third-order valence-electron chi connectivity index (χ3n) is 4.55. The van der Waals surface area contributed by atoms with Crippen molar-refractivity contribution in [2.24, 2.45) is 0 Å². The predicted octanol–water partition coefficient (Wildman–Crippen LogP) is 3.11. The van der Waals surface area contributed by atoms with Crippen LogP contribution in [0.2, 0.25) is 10.0 Å². The number of rotatable bonds is 6. The molecule has 0 saturated carbocycles. The minimum atomic E-state index is -0.347. The van der Waals surface area contributed by atoms with Gasteiger partial charge in [0.2, 0.25) is 5.91 Å². The maximum atomic E-state index is 12.4. The molecule has 3 rings (SSSR count). The van der Waals surface area contributed by atoms with Crippen LogP contribution in [0.1, 0.15) is 19.2 Å². The highest BCUT2D eigenvalue weighted by Crippen LogP contribution is 2.30. The molecule has 1 atom stereocenters. The SMILES string of the molecule is C[C@@H](O)CN1CCN(C(=O)CCc2ncc(-c3ccc(Cl)cc3Cl)o2)CC1. The van der Waals surface area contributed by atoms with Crippen LogP contribution >= 0.6 is 23.2 Å². The van der Waals surface area contributed by atoms with Gasteiger partial charge in [0.15, 0.2) is 11.7 Å². The van der Waals surface area contributed by atoms with Crippen LogP contribution in [0.25, 0.3) is 11.3 Å². The molecule has 146 valence electrons. The Morgan fingerprint density at radius 3 is 2.70 bits per heavy atom. The van der Waals surface area contributed by atoms with Gasteiger partial charge in [-0.3, -0.25) is 9.69 Å². The van der Waals surface area contributed by atoms with Crippen molar-refractivity contribution in [2.45, 2.75) is 25.9 Å². The van der Waals surface area contributed by atoms with Crippen molar-refractivity contribution in [1.82, 2.24) is 14.8 Å². The third-order valence-corrected chi connectivity index (χ3v) is 5.10. The number of halogens is 2. The molecule has 1 aliphatic heterocycles. The van der Waals surface area contributed by atoms with E-state index in [2.05, 4.69) is 9.88 Å². The van der Waals surface area contributed by atoms with Gasteiger partial charge < -0.3 is 14.4 Å². The Labute approximate surface area is 168 Å². The van der Waals surface area contributed by atoms with Gasteiger partial charge in [-0.05, 0) is 25.1 Å². The summed E-state index contributed by atoms with van der Waals surface area (Å²) < 4.78 is 5.74. The Hall–Kier alpha value is -1.60. The van der Waals surface area contributed by atoms with Crippen LogP contribution in [0.3, 0.4) is 0 Å². The third kappa shape index (κ3) is 5.45. The summed E-state index contributed by atoms with van der Waals surface area (Å²) in [4.78, 5) is 20.7. The maximum absolute atomic E-state index is 12.4. The highest BCUT2D eigenvalue weighted by atomic mass is 35.5. The van der Waals surface area contributed by atoms with Crippen LogP contribution in [0, 0.1) is 0 Å². The lowest BCUT2D eigenvalue weighted by molar-refractivity contribution is -0.133. The number of amides is 1. The Morgan fingerprint density at radius 2 is 2.04 bits per heavy atom. The van der Waals surface area contributed by atoms with E-state index in [0.29, 0.717) is 54.2 Å². The molecule has 2 heterocycles. The van der Waals surface area contributed by atoms with Crippen LogP contribution in [-0.2, 0) is 11.2 Å². The predicted molar refractivity (Wildman–Crippen MR) is 105 cm³/mol. The molecule has 6 nitrogen and oxygen atoms in total. The molecule has 0 radical (unpaired) electrons. The molecule has 0 aliphatic carbocycles. The summed E-state index contributed by atoms with van der Waals surface area (Å²) in [5.74, 6) is 1.17. The molecule has 0 bridgehead atoms. The first-order valence-electron chi connectivity index (χ1n) is 9.00. The first kappa shape index (κ1) is 20.1. The van der Waals surface area contributed by atoms with E-state index in [0.717, 1.165) is 18.7 Å². The monoisotopic (exact) mass is 411 g/mol. The second-order valence-electron chi connectivity index (χ2n) is 6.77. The Bertz CT molecular complexity index is 786. The number of aryl methyl sites for hydroxylation is 1. The van der Waals surface area contributed by atoms with E-state index in [-0.39, 0.29) is 12.0 Å². The van der Waals surface area contributed by atoms with Crippen molar-refractivity contribution >= 4 is 29.1 Å². The van der Waals surface area contributed by atoms with Crippen molar-refractivity contribution in [3.05, 3.63) is 40.3 Å². The number of hydrogen-bond acceptors (Lipinski definition) is 5. The average molecular weight is 412 g/mol. The zero-order valence-electron chi connectivity index (χ0n) is 15.2. The number of β-amino-alcohol motifs (C(OH)–C–C–N with tert-alkyl or cyclic N) is 1. The van der Waals surface area contributed by atoms with Gasteiger partial charge in [-0.15, -0.1) is 0 Å². The number of carbonyl (C=O) groups excluding carboxylic acids is 1. The lowest BCUT2D eigenvalue weighted by Crippen LogP contribution is -2.50. The van der Waals surface area contributed by atoms with Crippen molar-refractivity contribution in [3.63, 3.8) is 0 Å². The van der Waals surface area contributed by atoms with Crippen LogP contribution in [0.5, 0.6) is 0 Å². The lowest BCUT2D eigenvalue weighted by atomic mass is 10.2. The molecule has 1 amide bonds. The molecule has 1 N–H and O–H groups in total. The van der Waals surface area contributed by atoms with Crippen LogP contribution < -0.4 is 0 Å². The van der Waals surface area contributed by atoms with Crippen molar-refractivity contribution in [3.8, 4) is 11.3 Å². The van der Waals surface area contributed by atoms with Crippen molar-refractivity contribution < 1.29 is 14.3 Å². The van der Waals surface area contributed by atoms with E-state index in [9.17, 15) is 9.90 Å². The topological polar surface area (TPSA) is 69.8 Å². The van der Waals surface area contributed by atoms with Gasteiger partial charge in [0.05, 0.1) is 17.3 Å². The molecular weight excluding hydrogens is 389 g/mol. The molecule has 8 heteroatoms. The molecule has 1 saturated heterocycles. The molecular formula is C19H23Cl2N3O3. The van der Waals surface area contributed by atoms with Crippen molar-refractivity contribution in [1.29, 1.82) is 0 Å². The van der Waals surface area contributed by atoms with E-state index in [1.165, 1.54) is 0 Å². The summed E-state index contributed by atoms with van der Waals surface area (Å²) >= 11 is 12.1. The molecule has 0 spiro atoms. The second kappa shape index (κ2) is 9.06. The van der Waals surface area contributed by atoms with Gasteiger partial charge in [-0.1, -0.05) is 23.2 Å². The highest BCUT2D eigenvalue weighted by Gasteiger charge is 2.22. The molecule has 1 aliphatic rings. The molecule has 1 fully saturated rings. The summed E-state index contributed by atoms with van der Waals surface area (Å²) in [6.07, 6.45) is 2.06. The van der Waals surface area contributed by atoms with E-state index < -0.39 is 0 Å². The number of piperazine rings is 1. The number of hydrogen-bond donors (Lipinski definition) is 1. The molecule has 27 heavy (non-hydrogen) atoms. The zero-order valence-corrected chi connectivity index (χ0v) is 16.7. The largest absolute Gasteiger partial charge is 0.441 e. The zero-order chi connectivity index (χ0) is 19.4. The first-order chi connectivity index (χ1) is 12.9. The van der Waals surface area contributed by atoms with Crippen molar-refractivity contribution in [2.75, 3.05) is 32.7 Å². The number of oxazole rings is 1. The number of aromatic nitrogens is 1. The summed E-state index contributed by atoms with van der Waals surface area (Å²) in [5.41, 5.74) is 0.723. The molecule has 0 unspecified atom stereocenters. The van der Waals surface area contributed by atoms with Crippen LogP contribution in [-0.4, -0.2) is 64.6 Å². The standard InChI is InChI=1S/C19H23Cl2N3O3/c1-13(25)12-23-6-8-24(9-7-23)19(26)5-4-18-22-11-17(27-18)15-3-2-14(20)10-16(15)21/h2-3,10-11,13,25H,4-9,12H2,1H3/t13-/m1/s1. The van der Waals surface area contributed by atoms with Gasteiger partial charge in [-0.2, -0.15) is 0 Å². The number of benzene rings is 1. The van der Waals surface area contributed by atoms with Crippen LogP contribution in [0.4, 0.5) is 0 Å². The Kier molecular flexibility index (Phi) is 6.76. The van der Waals surface area contributed by atoms with E-state index >= 15 is 0 Å². The van der Waals surface area contributed by atoms with Gasteiger partial charge in [0.1, 0.15) is 0 Å². The minimum Gasteiger partial charge on any atom is -0.441 e. The Morgan fingerprint density at radius 1 is 1.30 bits per heavy atom.